The quantitative estimate of drug-likeness (QED) is 0.271. The molecule has 46 heavy (non-hydrogen) atoms. The summed E-state index contributed by atoms with van der Waals surface area (Å²) in [6.45, 7) is 13.3. The smallest absolute Gasteiger partial charge is 0.410 e. The Morgan fingerprint density at radius 3 is 1.98 bits per heavy atom. The first-order valence-corrected chi connectivity index (χ1v) is 18.6. The maximum Gasteiger partial charge on any atom is 0.410 e. The molecule has 0 unspecified atom stereocenters. The van der Waals surface area contributed by atoms with E-state index in [-0.39, 0.29) is 18.0 Å². The van der Waals surface area contributed by atoms with Gasteiger partial charge in [-0.05, 0) is 85.4 Å². The number of nitrogens with two attached hydrogens (primary N) is 1. The molecule has 3 aromatic heterocycles. The van der Waals surface area contributed by atoms with Crippen LogP contribution in [0, 0.1) is 11.3 Å². The first kappa shape index (κ1) is 37.9. The maximum atomic E-state index is 12.2. The Balaban J connectivity index is 0.000000212. The molecule has 0 saturated carbocycles. The summed E-state index contributed by atoms with van der Waals surface area (Å²) in [5.41, 5.74) is 7.53. The molecule has 3 aromatic rings. The molecule has 16 heteroatoms. The number of rotatable bonds is 2. The third-order valence-electron chi connectivity index (χ3n) is 6.15. The van der Waals surface area contributed by atoms with E-state index < -0.39 is 11.2 Å². The number of amides is 2. The van der Waals surface area contributed by atoms with E-state index in [0.717, 1.165) is 41.1 Å². The lowest BCUT2D eigenvalue weighted by atomic mass is 10.0. The molecule has 2 N–H and O–H groups in total. The van der Waals surface area contributed by atoms with Crippen molar-refractivity contribution in [2.24, 2.45) is 0 Å². The third-order valence-corrected chi connectivity index (χ3v) is 10.3. The van der Waals surface area contributed by atoms with Crippen LogP contribution in [0.4, 0.5) is 14.6 Å². The number of nitrogen functional groups attached to an aromatic ring is 1. The fraction of sp³-hybridized carbons (Fsp3) is 0.533. The monoisotopic (exact) mass is 816 g/mol. The number of piperidine rings is 1. The van der Waals surface area contributed by atoms with Crippen molar-refractivity contribution in [3.8, 4) is 16.6 Å². The Morgan fingerprint density at radius 1 is 0.935 bits per heavy atom. The molecular weight excluding hydrogens is 780 g/mol. The predicted octanol–water partition coefficient (Wildman–Crippen LogP) is 8.07. The average Bonchev–Trinajstić information content (AvgIpc) is 3.65. The van der Waals surface area contributed by atoms with Gasteiger partial charge >= 0.3 is 12.2 Å². The molecule has 2 aliphatic heterocycles. The number of thiophene rings is 1. The lowest BCUT2D eigenvalue weighted by molar-refractivity contribution is -0.121. The van der Waals surface area contributed by atoms with Gasteiger partial charge in [0.25, 0.3) is 0 Å². The number of thiazole rings is 2. The van der Waals surface area contributed by atoms with Crippen molar-refractivity contribution >= 4 is 88.8 Å². The highest BCUT2D eigenvalue weighted by Crippen LogP contribution is 2.43. The number of nitrogens with zero attached hydrogens (tertiary/aromatic N) is 5. The molecule has 1 fully saturated rings. The number of anilines is 1. The van der Waals surface area contributed by atoms with Crippen LogP contribution in [-0.4, -0.2) is 68.6 Å². The summed E-state index contributed by atoms with van der Waals surface area (Å²) in [6, 6.07) is 2.02. The van der Waals surface area contributed by atoms with Gasteiger partial charge in [0, 0.05) is 53.7 Å². The van der Waals surface area contributed by atoms with Crippen LogP contribution in [0.1, 0.15) is 69.8 Å². The van der Waals surface area contributed by atoms with Gasteiger partial charge in [0.15, 0.2) is 0 Å². The van der Waals surface area contributed by atoms with E-state index in [1.807, 2.05) is 58.4 Å². The van der Waals surface area contributed by atoms with Gasteiger partial charge in [-0.15, -0.1) is 34.0 Å². The highest BCUT2D eigenvalue weighted by Gasteiger charge is 2.30. The summed E-state index contributed by atoms with van der Waals surface area (Å²) >= 11 is 11.2. The van der Waals surface area contributed by atoms with Gasteiger partial charge in [0.05, 0.1) is 24.0 Å². The molecule has 0 aromatic carbocycles. The number of aromatic nitrogens is 2. The number of nitriles is 1. The number of fused-ring (bicyclic) bond motifs is 1. The Morgan fingerprint density at radius 2 is 1.48 bits per heavy atom. The van der Waals surface area contributed by atoms with Crippen molar-refractivity contribution in [1.29, 1.82) is 5.26 Å². The van der Waals surface area contributed by atoms with Crippen LogP contribution in [0.15, 0.2) is 20.0 Å². The highest BCUT2D eigenvalue weighted by molar-refractivity contribution is 9.10. The molecule has 250 valence electrons. The van der Waals surface area contributed by atoms with Crippen LogP contribution < -0.4 is 5.73 Å². The van der Waals surface area contributed by atoms with Gasteiger partial charge in [-0.3, -0.25) is 4.79 Å². The molecule has 2 aliphatic rings. The lowest BCUT2D eigenvalue weighted by Gasteiger charge is -2.30. The van der Waals surface area contributed by atoms with E-state index in [9.17, 15) is 14.4 Å². The molecule has 0 atom stereocenters. The predicted molar refractivity (Wildman–Crippen MR) is 189 cm³/mol. The first-order chi connectivity index (χ1) is 21.5. The van der Waals surface area contributed by atoms with Crippen molar-refractivity contribution in [2.75, 3.05) is 25.4 Å². The summed E-state index contributed by atoms with van der Waals surface area (Å²) < 4.78 is 12.3. The summed E-state index contributed by atoms with van der Waals surface area (Å²) in [7, 11) is 0. The topological polar surface area (TPSA) is 152 Å². The minimum Gasteiger partial charge on any atom is -0.444 e. The SMILES string of the molecule is CC(C)(C)OC(=O)N1CCC(=O)CC1.CC(C)(C)OC(=O)N1CCc2c(sc(N)c2-c2nc(Br)cs2)C1.N#CCc1nc(Br)cs1. The second-order valence-corrected chi connectivity index (χ2v) is 16.8. The zero-order chi connectivity index (χ0) is 34.2. The number of Topliss-reactive ketones (excluding diaryl/α,β-unsaturated/α-hetero) is 1. The van der Waals surface area contributed by atoms with Crippen molar-refractivity contribution in [1.82, 2.24) is 19.8 Å². The molecule has 5 rings (SSSR count). The van der Waals surface area contributed by atoms with E-state index in [0.29, 0.717) is 45.4 Å². The average molecular weight is 819 g/mol. The minimum absolute atomic E-state index is 0.227. The Labute approximate surface area is 298 Å². The van der Waals surface area contributed by atoms with E-state index in [2.05, 4.69) is 41.8 Å². The molecule has 0 aliphatic carbocycles. The first-order valence-electron chi connectivity index (χ1n) is 14.4. The van der Waals surface area contributed by atoms with Crippen LogP contribution in [0.3, 0.4) is 0 Å². The van der Waals surface area contributed by atoms with Crippen LogP contribution in [0.2, 0.25) is 0 Å². The second kappa shape index (κ2) is 16.5. The lowest BCUT2D eigenvalue weighted by Crippen LogP contribution is -2.41. The molecule has 11 nitrogen and oxygen atoms in total. The maximum absolute atomic E-state index is 12.2. The van der Waals surface area contributed by atoms with E-state index >= 15 is 0 Å². The van der Waals surface area contributed by atoms with E-state index in [1.165, 1.54) is 28.2 Å². The largest absolute Gasteiger partial charge is 0.444 e. The van der Waals surface area contributed by atoms with Gasteiger partial charge in [0.2, 0.25) is 0 Å². The van der Waals surface area contributed by atoms with E-state index in [4.69, 9.17) is 20.5 Å². The third kappa shape index (κ3) is 11.9. The van der Waals surface area contributed by atoms with Crippen molar-refractivity contribution in [3.63, 3.8) is 0 Å². The molecule has 0 radical (unpaired) electrons. The number of ketones is 1. The second-order valence-electron chi connectivity index (χ2n) is 12.3. The van der Waals surface area contributed by atoms with Crippen LogP contribution in [0.5, 0.6) is 0 Å². The molecule has 0 bridgehead atoms. The minimum atomic E-state index is -0.482. The number of hydrogen-bond donors (Lipinski definition) is 1. The zero-order valence-corrected chi connectivity index (χ0v) is 32.3. The van der Waals surface area contributed by atoms with Gasteiger partial charge < -0.3 is 25.0 Å². The van der Waals surface area contributed by atoms with Crippen LogP contribution >= 0.6 is 65.9 Å². The summed E-state index contributed by atoms with van der Waals surface area (Å²) in [6.07, 6.45) is 1.52. The fourth-order valence-electron chi connectivity index (χ4n) is 4.21. The molecule has 1 saturated heterocycles. The zero-order valence-electron chi connectivity index (χ0n) is 26.6. The summed E-state index contributed by atoms with van der Waals surface area (Å²) in [5, 5.41) is 14.6. The number of likely N-dealkylation sites (tertiary alicyclic amines) is 1. The van der Waals surface area contributed by atoms with Crippen molar-refractivity contribution in [3.05, 3.63) is 35.4 Å². The standard InChI is InChI=1S/C15H18BrN3O2S2.C10H17NO3.C5H3BrN2S/c1-15(2,3)21-14(20)19-5-4-8-9(6-19)23-12(17)11(8)13-18-10(16)7-22-13;1-10(2,3)14-9(13)11-6-4-8(12)5-7-11;6-4-3-9-5(8-4)1-2-7/h7H,4-6,17H2,1-3H3;4-7H2,1-3H3;3H,1H2. The Bertz CT molecular complexity index is 1560. The number of carbonyl (C=O) groups is 3. The van der Waals surface area contributed by atoms with E-state index in [1.54, 1.807) is 21.1 Å². The van der Waals surface area contributed by atoms with Crippen LogP contribution in [0.25, 0.3) is 10.6 Å². The van der Waals surface area contributed by atoms with Crippen molar-refractivity contribution in [2.45, 2.75) is 85.0 Å². The summed E-state index contributed by atoms with van der Waals surface area (Å²) in [5.74, 6) is 0.227. The number of ether oxygens (including phenoxy) is 2. The van der Waals surface area contributed by atoms with Gasteiger partial charge in [0.1, 0.15) is 36.2 Å². The van der Waals surface area contributed by atoms with Gasteiger partial charge in [-0.2, -0.15) is 5.26 Å². The molecule has 5 heterocycles. The molecule has 0 spiro atoms. The number of hydrogen-bond acceptors (Lipinski definition) is 12. The molecular formula is C30H38Br2N6O5S3. The molecule has 2 amide bonds. The number of carbonyl (C=O) groups excluding carboxylic acids is 3. The van der Waals surface area contributed by atoms with Crippen molar-refractivity contribution < 1.29 is 23.9 Å². The van der Waals surface area contributed by atoms with Gasteiger partial charge in [-0.1, -0.05) is 0 Å². The normalized spacial score (nSPS) is 14.6. The highest BCUT2D eigenvalue weighted by atomic mass is 79.9. The Hall–Kier alpha value is -2.58. The van der Waals surface area contributed by atoms with Gasteiger partial charge in [-0.25, -0.2) is 19.6 Å². The fourth-order valence-corrected chi connectivity index (χ4v) is 7.95. The Kier molecular flexibility index (Phi) is 13.6. The number of halogens is 2. The summed E-state index contributed by atoms with van der Waals surface area (Å²) in [4.78, 5) is 47.7. The van der Waals surface area contributed by atoms with Crippen LogP contribution in [-0.2, 0) is 33.7 Å².